The molecule has 1 aromatic heterocycles. The van der Waals surface area contributed by atoms with Crippen LogP contribution < -0.4 is 4.74 Å². The maximum Gasteiger partial charge on any atom is 0.333 e. The Morgan fingerprint density at radius 1 is 0.970 bits per heavy atom. The van der Waals surface area contributed by atoms with Crippen molar-refractivity contribution < 1.29 is 19.1 Å². The minimum atomic E-state index is -0.663. The Labute approximate surface area is 191 Å². The second kappa shape index (κ2) is 8.74. The van der Waals surface area contributed by atoms with E-state index < -0.39 is 17.8 Å². The first-order chi connectivity index (χ1) is 15.8. The molecular formula is C25H24N4O4. The quantitative estimate of drug-likeness (QED) is 0.443. The molecule has 2 heterocycles. The van der Waals surface area contributed by atoms with Crippen molar-refractivity contribution in [3.05, 3.63) is 71.4 Å². The van der Waals surface area contributed by atoms with Crippen LogP contribution in [0.3, 0.4) is 0 Å². The molecule has 0 bridgehead atoms. The van der Waals surface area contributed by atoms with Crippen LogP contribution in [0.15, 0.2) is 60.3 Å². The molecule has 33 heavy (non-hydrogen) atoms. The SMILES string of the molecule is CCOc1ccc(-c2nn(-c3ccccc3)cc2C=C2C(=O)N(C)C(=O)N(C)C2=O)cc1C. The summed E-state index contributed by atoms with van der Waals surface area (Å²) in [5.41, 5.74) is 3.66. The number of rotatable bonds is 5. The van der Waals surface area contributed by atoms with Crippen LogP contribution in [0, 0.1) is 6.92 Å². The Hall–Kier alpha value is -4.20. The summed E-state index contributed by atoms with van der Waals surface area (Å²) in [6, 6.07) is 14.6. The van der Waals surface area contributed by atoms with Crippen molar-refractivity contribution in [2.75, 3.05) is 20.7 Å². The molecule has 3 aromatic rings. The molecule has 4 amide bonds. The van der Waals surface area contributed by atoms with E-state index in [1.807, 2.05) is 62.4 Å². The molecule has 0 radical (unpaired) electrons. The topological polar surface area (TPSA) is 84.7 Å². The van der Waals surface area contributed by atoms with Crippen LogP contribution in [0.1, 0.15) is 18.1 Å². The highest BCUT2D eigenvalue weighted by molar-refractivity contribution is 6.30. The highest BCUT2D eigenvalue weighted by atomic mass is 16.5. The zero-order chi connectivity index (χ0) is 23.7. The van der Waals surface area contributed by atoms with Gasteiger partial charge in [-0.05, 0) is 55.8 Å². The van der Waals surface area contributed by atoms with Gasteiger partial charge < -0.3 is 4.74 Å². The van der Waals surface area contributed by atoms with E-state index in [-0.39, 0.29) is 5.57 Å². The number of imide groups is 2. The number of aromatic nitrogens is 2. The first kappa shape index (κ1) is 22.0. The number of hydrogen-bond donors (Lipinski definition) is 0. The minimum absolute atomic E-state index is 0.101. The van der Waals surface area contributed by atoms with Crippen molar-refractivity contribution >= 4 is 23.9 Å². The third-order valence-corrected chi connectivity index (χ3v) is 5.46. The third-order valence-electron chi connectivity index (χ3n) is 5.46. The number of hydrogen-bond acceptors (Lipinski definition) is 5. The van der Waals surface area contributed by atoms with Crippen LogP contribution in [-0.2, 0) is 9.59 Å². The molecule has 1 saturated heterocycles. The lowest BCUT2D eigenvalue weighted by Gasteiger charge is -2.28. The number of barbiturate groups is 1. The van der Waals surface area contributed by atoms with E-state index in [9.17, 15) is 14.4 Å². The largest absolute Gasteiger partial charge is 0.494 e. The number of nitrogens with zero attached hydrogens (tertiary/aromatic N) is 4. The predicted molar refractivity (Wildman–Crippen MR) is 124 cm³/mol. The Morgan fingerprint density at radius 3 is 2.24 bits per heavy atom. The molecular weight excluding hydrogens is 420 g/mol. The van der Waals surface area contributed by atoms with Crippen molar-refractivity contribution in [2.45, 2.75) is 13.8 Å². The van der Waals surface area contributed by atoms with E-state index in [4.69, 9.17) is 9.84 Å². The van der Waals surface area contributed by atoms with E-state index in [1.54, 1.807) is 10.9 Å². The number of carbonyl (C=O) groups is 3. The number of carbonyl (C=O) groups excluding carboxylic acids is 3. The minimum Gasteiger partial charge on any atom is -0.494 e. The average molecular weight is 444 g/mol. The summed E-state index contributed by atoms with van der Waals surface area (Å²) >= 11 is 0. The fraction of sp³-hybridized carbons (Fsp3) is 0.200. The number of amides is 4. The van der Waals surface area contributed by atoms with Crippen LogP contribution in [0.4, 0.5) is 4.79 Å². The molecule has 8 heteroatoms. The maximum absolute atomic E-state index is 12.7. The molecule has 168 valence electrons. The maximum atomic E-state index is 12.7. The van der Waals surface area contributed by atoms with E-state index in [1.165, 1.54) is 20.2 Å². The van der Waals surface area contributed by atoms with Gasteiger partial charge in [0.15, 0.2) is 0 Å². The van der Waals surface area contributed by atoms with E-state index in [0.29, 0.717) is 17.9 Å². The van der Waals surface area contributed by atoms with Crippen molar-refractivity contribution in [1.29, 1.82) is 0 Å². The number of likely N-dealkylation sites (N-methyl/N-ethyl adjacent to an activating group) is 2. The first-order valence-corrected chi connectivity index (χ1v) is 10.5. The second-order valence-corrected chi connectivity index (χ2v) is 7.70. The molecule has 0 unspecified atom stereocenters. The van der Waals surface area contributed by atoms with Crippen LogP contribution in [0.5, 0.6) is 5.75 Å². The molecule has 0 spiro atoms. The van der Waals surface area contributed by atoms with Gasteiger partial charge in [0.2, 0.25) is 0 Å². The molecule has 2 aromatic carbocycles. The summed E-state index contributed by atoms with van der Waals surface area (Å²) in [4.78, 5) is 39.4. The van der Waals surface area contributed by atoms with Crippen molar-refractivity contribution in [1.82, 2.24) is 19.6 Å². The Morgan fingerprint density at radius 2 is 1.64 bits per heavy atom. The lowest BCUT2D eigenvalue weighted by Crippen LogP contribution is -2.52. The molecule has 0 atom stereocenters. The van der Waals surface area contributed by atoms with E-state index in [2.05, 4.69) is 0 Å². The number of aryl methyl sites for hydroxylation is 1. The zero-order valence-corrected chi connectivity index (χ0v) is 18.9. The van der Waals surface area contributed by atoms with Gasteiger partial charge in [-0.1, -0.05) is 18.2 Å². The van der Waals surface area contributed by atoms with Gasteiger partial charge in [0, 0.05) is 31.4 Å². The Kier molecular flexibility index (Phi) is 5.83. The molecule has 1 aliphatic rings. The number of benzene rings is 2. The smallest absolute Gasteiger partial charge is 0.333 e. The highest BCUT2D eigenvalue weighted by Gasteiger charge is 2.38. The third kappa shape index (κ3) is 4.03. The van der Waals surface area contributed by atoms with Gasteiger partial charge in [-0.15, -0.1) is 0 Å². The molecule has 1 aliphatic heterocycles. The van der Waals surface area contributed by atoms with Crippen molar-refractivity contribution in [3.8, 4) is 22.7 Å². The molecule has 4 rings (SSSR count). The summed E-state index contributed by atoms with van der Waals surface area (Å²) < 4.78 is 7.34. The summed E-state index contributed by atoms with van der Waals surface area (Å²) in [7, 11) is 2.71. The van der Waals surface area contributed by atoms with Gasteiger partial charge in [-0.2, -0.15) is 5.10 Å². The number of ether oxygens (including phenoxy) is 1. The number of urea groups is 1. The molecule has 1 fully saturated rings. The standard InChI is InChI=1S/C25H24N4O4/c1-5-33-21-12-11-17(13-16(21)2)22-18(15-29(26-22)19-9-7-6-8-10-19)14-20-23(30)27(3)25(32)28(4)24(20)31/h6-15H,5H2,1-4H3. The predicted octanol–water partition coefficient (Wildman–Crippen LogP) is 3.68. The van der Waals surface area contributed by atoms with Crippen LogP contribution in [0.2, 0.25) is 0 Å². The normalized spacial score (nSPS) is 14.2. The van der Waals surface area contributed by atoms with Crippen molar-refractivity contribution in [3.63, 3.8) is 0 Å². The Bertz CT molecular complexity index is 1250. The van der Waals surface area contributed by atoms with Crippen LogP contribution >= 0.6 is 0 Å². The van der Waals surface area contributed by atoms with Gasteiger partial charge in [-0.25, -0.2) is 9.48 Å². The summed E-state index contributed by atoms with van der Waals surface area (Å²) in [5, 5.41) is 4.75. The second-order valence-electron chi connectivity index (χ2n) is 7.70. The summed E-state index contributed by atoms with van der Waals surface area (Å²) in [6.45, 7) is 4.44. The summed E-state index contributed by atoms with van der Waals surface area (Å²) in [5.74, 6) is -0.517. The average Bonchev–Trinajstić information content (AvgIpc) is 3.25. The highest BCUT2D eigenvalue weighted by Crippen LogP contribution is 2.30. The fourth-order valence-corrected chi connectivity index (χ4v) is 3.67. The van der Waals surface area contributed by atoms with Gasteiger partial charge in [0.1, 0.15) is 11.3 Å². The summed E-state index contributed by atoms with van der Waals surface area (Å²) in [6.07, 6.45) is 3.26. The molecule has 8 nitrogen and oxygen atoms in total. The van der Waals surface area contributed by atoms with Crippen molar-refractivity contribution in [2.24, 2.45) is 0 Å². The monoisotopic (exact) mass is 444 g/mol. The van der Waals surface area contributed by atoms with E-state index >= 15 is 0 Å². The lowest BCUT2D eigenvalue weighted by molar-refractivity contribution is -0.134. The van der Waals surface area contributed by atoms with Crippen LogP contribution in [-0.4, -0.2) is 58.1 Å². The molecule has 0 N–H and O–H groups in total. The lowest BCUT2D eigenvalue weighted by atomic mass is 10.0. The van der Waals surface area contributed by atoms with Gasteiger partial charge in [0.05, 0.1) is 18.0 Å². The molecule has 0 saturated carbocycles. The zero-order valence-electron chi connectivity index (χ0n) is 18.9. The molecule has 0 aliphatic carbocycles. The van der Waals surface area contributed by atoms with Gasteiger partial charge in [0.25, 0.3) is 11.8 Å². The Balaban J connectivity index is 1.87. The van der Waals surface area contributed by atoms with Crippen LogP contribution in [0.25, 0.3) is 23.0 Å². The first-order valence-electron chi connectivity index (χ1n) is 10.5. The fourth-order valence-electron chi connectivity index (χ4n) is 3.67. The number of para-hydroxylation sites is 1. The van der Waals surface area contributed by atoms with Gasteiger partial charge in [-0.3, -0.25) is 19.4 Å². The van der Waals surface area contributed by atoms with Gasteiger partial charge >= 0.3 is 6.03 Å². The van der Waals surface area contributed by atoms with E-state index in [0.717, 1.165) is 32.4 Å².